The highest BCUT2D eigenvalue weighted by molar-refractivity contribution is 7.92. The lowest BCUT2D eigenvalue weighted by Gasteiger charge is -2.18. The SMILES string of the molecule is CCS(=O)(=O)N(C)c1ccc(C(=O)NCCc2ccc(Cl)cc2)cc1. The Balaban J connectivity index is 1.93. The first kappa shape index (κ1) is 19.3. The average molecular weight is 381 g/mol. The summed E-state index contributed by atoms with van der Waals surface area (Å²) in [5.41, 5.74) is 2.10. The summed E-state index contributed by atoms with van der Waals surface area (Å²) in [6, 6.07) is 14.0. The van der Waals surface area contributed by atoms with Gasteiger partial charge in [-0.15, -0.1) is 0 Å². The Hall–Kier alpha value is -2.05. The summed E-state index contributed by atoms with van der Waals surface area (Å²) >= 11 is 5.84. The van der Waals surface area contributed by atoms with Crippen molar-refractivity contribution >= 4 is 33.2 Å². The van der Waals surface area contributed by atoms with Crippen LogP contribution < -0.4 is 9.62 Å². The largest absolute Gasteiger partial charge is 0.352 e. The molecule has 0 aliphatic heterocycles. The summed E-state index contributed by atoms with van der Waals surface area (Å²) in [6.07, 6.45) is 0.707. The Morgan fingerprint density at radius 1 is 1.08 bits per heavy atom. The van der Waals surface area contributed by atoms with Crippen molar-refractivity contribution < 1.29 is 13.2 Å². The predicted octanol–water partition coefficient (Wildman–Crippen LogP) is 3.10. The van der Waals surface area contributed by atoms with Gasteiger partial charge in [-0.1, -0.05) is 23.7 Å². The molecule has 0 unspecified atom stereocenters. The molecule has 134 valence electrons. The maximum Gasteiger partial charge on any atom is 0.251 e. The fourth-order valence-corrected chi connectivity index (χ4v) is 3.21. The Morgan fingerprint density at radius 2 is 1.68 bits per heavy atom. The zero-order chi connectivity index (χ0) is 18.4. The predicted molar refractivity (Wildman–Crippen MR) is 102 cm³/mol. The highest BCUT2D eigenvalue weighted by Gasteiger charge is 2.16. The number of sulfonamides is 1. The van der Waals surface area contributed by atoms with E-state index >= 15 is 0 Å². The number of anilines is 1. The van der Waals surface area contributed by atoms with Crippen molar-refractivity contribution in [2.45, 2.75) is 13.3 Å². The summed E-state index contributed by atoms with van der Waals surface area (Å²) in [4.78, 5) is 12.2. The van der Waals surface area contributed by atoms with E-state index in [1.807, 2.05) is 24.3 Å². The van der Waals surface area contributed by atoms with Crippen LogP contribution in [0.5, 0.6) is 0 Å². The quantitative estimate of drug-likeness (QED) is 0.802. The molecule has 7 heteroatoms. The molecule has 0 aliphatic rings. The summed E-state index contributed by atoms with van der Waals surface area (Å²) < 4.78 is 24.9. The molecule has 25 heavy (non-hydrogen) atoms. The number of nitrogens with zero attached hydrogens (tertiary/aromatic N) is 1. The number of nitrogens with one attached hydrogen (secondary N) is 1. The van der Waals surface area contributed by atoms with Gasteiger partial charge in [-0.05, 0) is 55.3 Å². The summed E-state index contributed by atoms with van der Waals surface area (Å²) in [5.74, 6) is -0.169. The normalized spacial score (nSPS) is 11.2. The van der Waals surface area contributed by atoms with Gasteiger partial charge in [0.2, 0.25) is 10.0 Å². The van der Waals surface area contributed by atoms with Crippen molar-refractivity contribution in [2.24, 2.45) is 0 Å². The summed E-state index contributed by atoms with van der Waals surface area (Å²) in [6.45, 7) is 2.10. The molecule has 0 aliphatic carbocycles. The first-order valence-corrected chi connectivity index (χ1v) is 9.91. The van der Waals surface area contributed by atoms with E-state index in [1.54, 1.807) is 31.2 Å². The number of hydrogen-bond acceptors (Lipinski definition) is 3. The van der Waals surface area contributed by atoms with Crippen molar-refractivity contribution in [2.75, 3.05) is 23.7 Å². The van der Waals surface area contributed by atoms with Crippen LogP contribution in [-0.4, -0.2) is 33.7 Å². The van der Waals surface area contributed by atoms with E-state index in [0.29, 0.717) is 29.2 Å². The minimum atomic E-state index is -3.31. The van der Waals surface area contributed by atoms with Crippen LogP contribution in [0.1, 0.15) is 22.8 Å². The Bertz CT molecular complexity index is 818. The van der Waals surface area contributed by atoms with Gasteiger partial charge in [0.25, 0.3) is 5.91 Å². The molecule has 0 fully saturated rings. The van der Waals surface area contributed by atoms with E-state index in [1.165, 1.54) is 11.4 Å². The van der Waals surface area contributed by atoms with Gasteiger partial charge in [-0.25, -0.2) is 8.42 Å². The number of rotatable bonds is 7. The van der Waals surface area contributed by atoms with Crippen molar-refractivity contribution in [1.29, 1.82) is 0 Å². The molecule has 0 heterocycles. The van der Waals surface area contributed by atoms with E-state index < -0.39 is 10.0 Å². The molecule has 2 rings (SSSR count). The van der Waals surface area contributed by atoms with Crippen molar-refractivity contribution in [3.8, 4) is 0 Å². The second-order valence-corrected chi connectivity index (χ2v) is 8.27. The third kappa shape index (κ3) is 5.21. The highest BCUT2D eigenvalue weighted by atomic mass is 35.5. The van der Waals surface area contributed by atoms with Gasteiger partial charge in [0.1, 0.15) is 0 Å². The standard InChI is InChI=1S/C18H21ClN2O3S/c1-3-25(23,24)21(2)17-10-6-15(7-11-17)18(22)20-13-12-14-4-8-16(19)9-5-14/h4-11H,3,12-13H2,1-2H3,(H,20,22). The van der Waals surface area contributed by atoms with Gasteiger partial charge in [0, 0.05) is 24.2 Å². The topological polar surface area (TPSA) is 66.5 Å². The molecule has 1 N–H and O–H groups in total. The number of hydrogen-bond donors (Lipinski definition) is 1. The molecule has 2 aromatic carbocycles. The monoisotopic (exact) mass is 380 g/mol. The molecule has 1 amide bonds. The summed E-state index contributed by atoms with van der Waals surface area (Å²) in [5, 5.41) is 3.53. The highest BCUT2D eigenvalue weighted by Crippen LogP contribution is 2.17. The van der Waals surface area contributed by atoms with Crippen LogP contribution in [0.25, 0.3) is 0 Å². The average Bonchev–Trinajstić information content (AvgIpc) is 2.62. The van der Waals surface area contributed by atoms with Crippen LogP contribution >= 0.6 is 11.6 Å². The van der Waals surface area contributed by atoms with Gasteiger partial charge >= 0.3 is 0 Å². The van der Waals surface area contributed by atoms with Crippen molar-refractivity contribution in [1.82, 2.24) is 5.32 Å². The maximum absolute atomic E-state index is 12.2. The Kier molecular flexibility index (Phi) is 6.45. The molecule has 5 nitrogen and oxygen atoms in total. The second kappa shape index (κ2) is 8.36. The number of benzene rings is 2. The van der Waals surface area contributed by atoms with E-state index in [4.69, 9.17) is 11.6 Å². The second-order valence-electron chi connectivity index (χ2n) is 5.55. The fraction of sp³-hybridized carbons (Fsp3) is 0.278. The molecule has 0 saturated carbocycles. The molecular formula is C18H21ClN2O3S. The number of carbonyl (C=O) groups is 1. The first-order valence-electron chi connectivity index (χ1n) is 7.93. The van der Waals surface area contributed by atoms with Gasteiger partial charge in [0.05, 0.1) is 11.4 Å². The van der Waals surface area contributed by atoms with Crippen LogP contribution in [0.15, 0.2) is 48.5 Å². The molecular weight excluding hydrogens is 360 g/mol. The molecule has 0 bridgehead atoms. The van der Waals surface area contributed by atoms with E-state index in [9.17, 15) is 13.2 Å². The third-order valence-corrected chi connectivity index (χ3v) is 5.91. The lowest BCUT2D eigenvalue weighted by Crippen LogP contribution is -2.28. The van der Waals surface area contributed by atoms with Crippen molar-refractivity contribution in [3.63, 3.8) is 0 Å². The smallest absolute Gasteiger partial charge is 0.251 e. The Labute approximate surface area is 153 Å². The van der Waals surface area contributed by atoms with Crippen LogP contribution in [0, 0.1) is 0 Å². The van der Waals surface area contributed by atoms with Crippen LogP contribution in [0.4, 0.5) is 5.69 Å². The maximum atomic E-state index is 12.2. The number of amides is 1. The van der Waals surface area contributed by atoms with E-state index in [2.05, 4.69) is 5.32 Å². The van der Waals surface area contributed by atoms with Crippen LogP contribution in [0.2, 0.25) is 5.02 Å². The molecule has 2 aromatic rings. The van der Waals surface area contributed by atoms with Gasteiger partial charge in [-0.3, -0.25) is 9.10 Å². The zero-order valence-corrected chi connectivity index (χ0v) is 15.8. The lowest BCUT2D eigenvalue weighted by molar-refractivity contribution is 0.0954. The molecule has 0 atom stereocenters. The molecule has 0 aromatic heterocycles. The van der Waals surface area contributed by atoms with Crippen LogP contribution in [-0.2, 0) is 16.4 Å². The van der Waals surface area contributed by atoms with E-state index in [0.717, 1.165) is 5.56 Å². The minimum absolute atomic E-state index is 0.0242. The lowest BCUT2D eigenvalue weighted by atomic mass is 10.1. The van der Waals surface area contributed by atoms with Gasteiger partial charge in [0.15, 0.2) is 0 Å². The zero-order valence-electron chi connectivity index (χ0n) is 14.2. The fourth-order valence-electron chi connectivity index (χ4n) is 2.25. The van der Waals surface area contributed by atoms with Gasteiger partial charge < -0.3 is 5.32 Å². The number of halogens is 1. The Morgan fingerprint density at radius 3 is 2.24 bits per heavy atom. The molecule has 0 radical (unpaired) electrons. The van der Waals surface area contributed by atoms with E-state index in [-0.39, 0.29) is 11.7 Å². The van der Waals surface area contributed by atoms with Crippen molar-refractivity contribution in [3.05, 3.63) is 64.7 Å². The van der Waals surface area contributed by atoms with Crippen LogP contribution in [0.3, 0.4) is 0 Å². The first-order chi connectivity index (χ1) is 11.8. The van der Waals surface area contributed by atoms with Gasteiger partial charge in [-0.2, -0.15) is 0 Å². The summed E-state index contributed by atoms with van der Waals surface area (Å²) in [7, 11) is -1.81. The minimum Gasteiger partial charge on any atom is -0.352 e. The third-order valence-electron chi connectivity index (χ3n) is 3.89. The molecule has 0 saturated heterocycles. The molecule has 0 spiro atoms. The number of carbonyl (C=O) groups excluding carboxylic acids is 1.